The van der Waals surface area contributed by atoms with Gasteiger partial charge in [0.2, 0.25) is 5.91 Å². The number of primary amides is 1. The number of rotatable bonds is 3. The Morgan fingerprint density at radius 2 is 2.11 bits per heavy atom. The molecule has 1 aliphatic rings. The number of halogens is 1. The number of aryl methyl sites for hydroxylation is 1. The molecule has 0 aromatic carbocycles. The van der Waals surface area contributed by atoms with Gasteiger partial charge in [-0.25, -0.2) is 4.98 Å². The Kier molecular flexibility index (Phi) is 4.04. The van der Waals surface area contributed by atoms with Gasteiger partial charge in [-0.05, 0) is 18.6 Å². The Hall–Kier alpha value is -1.33. The van der Waals surface area contributed by atoms with Gasteiger partial charge in [0.1, 0.15) is 5.82 Å². The van der Waals surface area contributed by atoms with Crippen LogP contribution in [0.4, 0.5) is 5.82 Å². The minimum absolute atomic E-state index is 0.274. The average Bonchev–Trinajstić information content (AvgIpc) is 2.30. The molecule has 0 radical (unpaired) electrons. The molecule has 5 nitrogen and oxygen atoms in total. The highest BCUT2D eigenvalue weighted by Crippen LogP contribution is 2.21. The number of hydrogen-bond acceptors (Lipinski definition) is 4. The number of anilines is 1. The van der Waals surface area contributed by atoms with Crippen molar-refractivity contribution in [3.05, 3.63) is 22.8 Å². The van der Waals surface area contributed by atoms with Crippen molar-refractivity contribution in [3.63, 3.8) is 0 Å². The van der Waals surface area contributed by atoms with Crippen molar-refractivity contribution in [3.8, 4) is 0 Å². The highest BCUT2D eigenvalue weighted by Gasteiger charge is 2.20. The van der Waals surface area contributed by atoms with Crippen molar-refractivity contribution in [2.45, 2.75) is 6.92 Å². The zero-order valence-corrected chi connectivity index (χ0v) is 11.2. The number of hydrogen-bond donors (Lipinski definition) is 1. The molecule has 1 saturated heterocycles. The first-order valence-corrected chi connectivity index (χ1v) is 6.32. The minimum Gasteiger partial charge on any atom is -0.369 e. The smallest absolute Gasteiger partial charge is 0.231 e. The summed E-state index contributed by atoms with van der Waals surface area (Å²) >= 11 is 5.90. The van der Waals surface area contributed by atoms with Crippen molar-refractivity contribution in [1.29, 1.82) is 0 Å². The van der Waals surface area contributed by atoms with E-state index in [1.54, 1.807) is 6.20 Å². The first-order chi connectivity index (χ1) is 8.56. The molecular weight excluding hydrogens is 252 g/mol. The molecule has 1 aromatic rings. The van der Waals surface area contributed by atoms with Crippen LogP contribution in [0.2, 0.25) is 5.02 Å². The third-order valence-corrected chi connectivity index (χ3v) is 3.28. The number of nitrogens with two attached hydrogens (primary N) is 1. The average molecular weight is 269 g/mol. The monoisotopic (exact) mass is 268 g/mol. The molecule has 18 heavy (non-hydrogen) atoms. The lowest BCUT2D eigenvalue weighted by atomic mass is 10.2. The van der Waals surface area contributed by atoms with Gasteiger partial charge in [-0.3, -0.25) is 9.69 Å². The summed E-state index contributed by atoms with van der Waals surface area (Å²) < 4.78 is 0. The maximum Gasteiger partial charge on any atom is 0.231 e. The maximum absolute atomic E-state index is 10.9. The Morgan fingerprint density at radius 3 is 2.67 bits per heavy atom. The molecule has 0 bridgehead atoms. The molecular formula is C12H17ClN4O. The number of piperazine rings is 1. The topological polar surface area (TPSA) is 62.5 Å². The highest BCUT2D eigenvalue weighted by atomic mass is 35.5. The molecule has 98 valence electrons. The predicted molar refractivity (Wildman–Crippen MR) is 71.8 cm³/mol. The molecule has 2 heterocycles. The molecule has 1 aliphatic heterocycles. The fraction of sp³-hybridized carbons (Fsp3) is 0.500. The first-order valence-electron chi connectivity index (χ1n) is 5.94. The van der Waals surface area contributed by atoms with Crippen LogP contribution in [0, 0.1) is 6.92 Å². The summed E-state index contributed by atoms with van der Waals surface area (Å²) in [6.45, 7) is 5.69. The molecule has 0 spiro atoms. The number of aromatic nitrogens is 1. The third-order valence-electron chi connectivity index (χ3n) is 3.07. The van der Waals surface area contributed by atoms with E-state index < -0.39 is 0 Å². The van der Waals surface area contributed by atoms with Crippen molar-refractivity contribution in [1.82, 2.24) is 9.88 Å². The van der Waals surface area contributed by atoms with Gasteiger partial charge in [0.25, 0.3) is 0 Å². The van der Waals surface area contributed by atoms with E-state index in [9.17, 15) is 4.79 Å². The van der Waals surface area contributed by atoms with E-state index in [-0.39, 0.29) is 5.91 Å². The van der Waals surface area contributed by atoms with Crippen LogP contribution in [0.15, 0.2) is 12.3 Å². The summed E-state index contributed by atoms with van der Waals surface area (Å²) in [5.41, 5.74) is 6.26. The van der Waals surface area contributed by atoms with Gasteiger partial charge in [0.15, 0.2) is 0 Å². The number of amides is 1. The van der Waals surface area contributed by atoms with E-state index in [1.807, 2.05) is 13.0 Å². The van der Waals surface area contributed by atoms with Crippen molar-refractivity contribution in [2.24, 2.45) is 5.73 Å². The molecule has 0 atom stereocenters. The second-order valence-electron chi connectivity index (χ2n) is 4.52. The zero-order chi connectivity index (χ0) is 13.1. The second kappa shape index (κ2) is 5.54. The molecule has 1 aromatic heterocycles. The first kappa shape index (κ1) is 13.1. The molecule has 1 fully saturated rings. The quantitative estimate of drug-likeness (QED) is 0.874. The van der Waals surface area contributed by atoms with Crippen LogP contribution < -0.4 is 10.6 Å². The van der Waals surface area contributed by atoms with E-state index in [1.165, 1.54) is 0 Å². The highest BCUT2D eigenvalue weighted by molar-refractivity contribution is 6.30. The molecule has 1 amide bonds. The molecule has 6 heteroatoms. The number of carbonyl (C=O) groups excluding carboxylic acids is 1. The standard InChI is InChI=1S/C12H17ClN4O/c1-9-6-10(13)7-15-12(9)17-4-2-16(3-5-17)8-11(14)18/h6-7H,2-5,8H2,1H3,(H2,14,18). The number of nitrogens with zero attached hydrogens (tertiary/aromatic N) is 3. The Labute approximate surface area is 112 Å². The lowest BCUT2D eigenvalue weighted by Crippen LogP contribution is -2.49. The van der Waals surface area contributed by atoms with Crippen LogP contribution >= 0.6 is 11.6 Å². The van der Waals surface area contributed by atoms with E-state index in [0.29, 0.717) is 11.6 Å². The molecule has 2 rings (SSSR count). The largest absolute Gasteiger partial charge is 0.369 e. The van der Waals surface area contributed by atoms with Gasteiger partial charge in [-0.2, -0.15) is 0 Å². The fourth-order valence-electron chi connectivity index (χ4n) is 2.20. The van der Waals surface area contributed by atoms with E-state index in [2.05, 4.69) is 14.8 Å². The van der Waals surface area contributed by atoms with Gasteiger partial charge in [-0.15, -0.1) is 0 Å². The second-order valence-corrected chi connectivity index (χ2v) is 4.96. The molecule has 0 aliphatic carbocycles. The summed E-state index contributed by atoms with van der Waals surface area (Å²) in [4.78, 5) is 19.5. The van der Waals surface area contributed by atoms with Crippen LogP contribution in [0.3, 0.4) is 0 Å². The van der Waals surface area contributed by atoms with Gasteiger partial charge in [-0.1, -0.05) is 11.6 Å². The Bertz CT molecular complexity index is 444. The zero-order valence-electron chi connectivity index (χ0n) is 10.4. The summed E-state index contributed by atoms with van der Waals surface area (Å²) in [7, 11) is 0. The van der Waals surface area contributed by atoms with Crippen LogP contribution in [0.5, 0.6) is 0 Å². The number of pyridine rings is 1. The van der Waals surface area contributed by atoms with Crippen LogP contribution in [0.25, 0.3) is 0 Å². The maximum atomic E-state index is 10.9. The molecule has 0 unspecified atom stereocenters. The summed E-state index contributed by atoms with van der Waals surface area (Å²) in [6.07, 6.45) is 1.67. The molecule has 2 N–H and O–H groups in total. The lowest BCUT2D eigenvalue weighted by molar-refractivity contribution is -0.119. The van der Waals surface area contributed by atoms with Crippen LogP contribution in [-0.4, -0.2) is 48.5 Å². The Balaban J connectivity index is 1.99. The van der Waals surface area contributed by atoms with Crippen molar-refractivity contribution >= 4 is 23.3 Å². The van der Waals surface area contributed by atoms with Crippen LogP contribution in [-0.2, 0) is 4.79 Å². The van der Waals surface area contributed by atoms with Crippen molar-refractivity contribution in [2.75, 3.05) is 37.6 Å². The molecule has 0 saturated carbocycles. The van der Waals surface area contributed by atoms with Crippen LogP contribution in [0.1, 0.15) is 5.56 Å². The van der Waals surface area contributed by atoms with Gasteiger partial charge >= 0.3 is 0 Å². The normalized spacial score (nSPS) is 16.9. The summed E-state index contributed by atoms with van der Waals surface area (Å²) in [5.74, 6) is 0.697. The predicted octanol–water partition coefficient (Wildman–Crippen LogP) is 0.651. The van der Waals surface area contributed by atoms with E-state index >= 15 is 0 Å². The SMILES string of the molecule is Cc1cc(Cl)cnc1N1CCN(CC(N)=O)CC1. The van der Waals surface area contributed by atoms with E-state index in [4.69, 9.17) is 17.3 Å². The number of carbonyl (C=O) groups is 1. The Morgan fingerprint density at radius 1 is 1.44 bits per heavy atom. The minimum atomic E-state index is -0.274. The summed E-state index contributed by atoms with van der Waals surface area (Å²) in [5, 5.41) is 0.656. The lowest BCUT2D eigenvalue weighted by Gasteiger charge is -2.35. The van der Waals surface area contributed by atoms with E-state index in [0.717, 1.165) is 37.6 Å². The van der Waals surface area contributed by atoms with Gasteiger partial charge in [0.05, 0.1) is 11.6 Å². The third kappa shape index (κ3) is 3.11. The van der Waals surface area contributed by atoms with Gasteiger partial charge < -0.3 is 10.6 Å². The fourth-order valence-corrected chi connectivity index (χ4v) is 2.41. The van der Waals surface area contributed by atoms with Crippen molar-refractivity contribution < 1.29 is 4.79 Å². The van der Waals surface area contributed by atoms with Gasteiger partial charge in [0, 0.05) is 32.4 Å². The summed E-state index contributed by atoms with van der Waals surface area (Å²) in [6, 6.07) is 1.92.